The normalized spacial score (nSPS) is 17.5. The predicted octanol–water partition coefficient (Wildman–Crippen LogP) is 6.96. The van der Waals surface area contributed by atoms with Crippen molar-refractivity contribution < 1.29 is 26.3 Å². The first kappa shape index (κ1) is 21.1. The molecule has 0 amide bonds. The highest BCUT2D eigenvalue weighted by Crippen LogP contribution is 2.60. The lowest BCUT2D eigenvalue weighted by Gasteiger charge is -2.34. The van der Waals surface area contributed by atoms with Crippen LogP contribution in [0.3, 0.4) is 0 Å². The molecule has 2 aromatic rings. The van der Waals surface area contributed by atoms with Crippen LogP contribution in [0.15, 0.2) is 65.7 Å². The topological polar surface area (TPSA) is 12.4 Å². The first-order chi connectivity index (χ1) is 13.3. The van der Waals surface area contributed by atoms with Gasteiger partial charge in [-0.05, 0) is 11.1 Å². The van der Waals surface area contributed by atoms with Crippen LogP contribution in [0.25, 0.3) is 11.1 Å². The first-order valence-electron chi connectivity index (χ1n) is 8.90. The van der Waals surface area contributed by atoms with Crippen LogP contribution in [0, 0.1) is 5.41 Å². The summed E-state index contributed by atoms with van der Waals surface area (Å²) in [7, 11) is 0. The lowest BCUT2D eigenvalue weighted by molar-refractivity contribution is -0.273. The number of benzene rings is 2. The third-order valence-electron chi connectivity index (χ3n) is 4.78. The minimum Gasteiger partial charge on any atom is -0.259 e. The molecule has 0 aromatic heterocycles. The van der Waals surface area contributed by atoms with Crippen molar-refractivity contribution >= 4 is 16.9 Å². The summed E-state index contributed by atoms with van der Waals surface area (Å²) in [5.41, 5.74) is -6.52. The van der Waals surface area contributed by atoms with Crippen molar-refractivity contribution in [1.29, 1.82) is 0 Å². The summed E-state index contributed by atoms with van der Waals surface area (Å²) < 4.78 is 85.4. The summed E-state index contributed by atoms with van der Waals surface area (Å²) in [6.07, 6.45) is -11.4. The molecule has 2 aromatic carbocycles. The summed E-state index contributed by atoms with van der Waals surface area (Å²) in [5, 5.41) is 0. The maximum atomic E-state index is 14.2. The summed E-state index contributed by atoms with van der Waals surface area (Å²) >= 11 is 0. The van der Waals surface area contributed by atoms with Gasteiger partial charge in [0.15, 0.2) is 0 Å². The van der Waals surface area contributed by atoms with Crippen molar-refractivity contribution in [2.75, 3.05) is 0 Å². The van der Waals surface area contributed by atoms with E-state index >= 15 is 0 Å². The van der Waals surface area contributed by atoms with Crippen LogP contribution < -0.4 is 0 Å². The third kappa shape index (κ3) is 3.36. The average molecular weight is 411 g/mol. The zero-order chi connectivity index (χ0) is 21.7. The highest BCUT2D eigenvalue weighted by molar-refractivity contribution is 6.36. The van der Waals surface area contributed by atoms with E-state index in [2.05, 4.69) is 4.99 Å². The lowest BCUT2D eigenvalue weighted by Crippen LogP contribution is -2.55. The van der Waals surface area contributed by atoms with Crippen LogP contribution in [-0.2, 0) is 0 Å². The standard InChI is InChI=1S/C22H19F6N/c1-19(2,3)18-16(14-10-6-4-7-11-14)17(15-12-8-5-9-13-15)20(29-18,21(23,24)25)22(26,27)28/h4-13H,1-3H3. The Kier molecular flexibility index (Phi) is 4.92. The smallest absolute Gasteiger partial charge is 0.259 e. The number of rotatable bonds is 2. The molecule has 1 nitrogen and oxygen atoms in total. The van der Waals surface area contributed by atoms with E-state index in [4.69, 9.17) is 0 Å². The highest BCUT2D eigenvalue weighted by Gasteiger charge is 2.76. The second-order valence-electron chi connectivity index (χ2n) is 7.90. The third-order valence-corrected chi connectivity index (χ3v) is 4.78. The molecule has 0 aliphatic carbocycles. The molecule has 0 radical (unpaired) electrons. The minimum absolute atomic E-state index is 0.126. The average Bonchev–Trinajstić information content (AvgIpc) is 3.01. The molecule has 3 rings (SSSR count). The molecular weight excluding hydrogens is 392 g/mol. The molecule has 0 unspecified atom stereocenters. The number of aliphatic imine (C=N–C) groups is 1. The molecular formula is C22H19F6N. The highest BCUT2D eigenvalue weighted by atomic mass is 19.4. The van der Waals surface area contributed by atoms with Gasteiger partial charge in [0.05, 0.1) is 5.71 Å². The van der Waals surface area contributed by atoms with Crippen molar-refractivity contribution in [3.63, 3.8) is 0 Å². The number of halogens is 6. The van der Waals surface area contributed by atoms with Gasteiger partial charge in [0, 0.05) is 16.6 Å². The Hall–Kier alpha value is -2.57. The second-order valence-corrected chi connectivity index (χ2v) is 7.90. The quantitative estimate of drug-likeness (QED) is 0.474. The van der Waals surface area contributed by atoms with Crippen molar-refractivity contribution in [2.45, 2.75) is 38.7 Å². The van der Waals surface area contributed by atoms with Crippen LogP contribution >= 0.6 is 0 Å². The fraction of sp³-hybridized carbons (Fsp3) is 0.318. The Morgan fingerprint density at radius 2 is 1.07 bits per heavy atom. The van der Waals surface area contributed by atoms with E-state index < -0.39 is 28.9 Å². The molecule has 0 spiro atoms. The molecule has 0 atom stereocenters. The Labute approximate surface area is 164 Å². The lowest BCUT2D eigenvalue weighted by atomic mass is 9.77. The molecule has 1 aliphatic rings. The molecule has 29 heavy (non-hydrogen) atoms. The van der Waals surface area contributed by atoms with Gasteiger partial charge < -0.3 is 0 Å². The van der Waals surface area contributed by atoms with E-state index in [-0.39, 0.29) is 22.4 Å². The molecule has 0 saturated carbocycles. The first-order valence-corrected chi connectivity index (χ1v) is 8.90. The van der Waals surface area contributed by atoms with Crippen molar-refractivity contribution in [3.05, 3.63) is 71.8 Å². The van der Waals surface area contributed by atoms with Gasteiger partial charge in [0.1, 0.15) is 0 Å². The van der Waals surface area contributed by atoms with E-state index in [1.165, 1.54) is 42.5 Å². The SMILES string of the molecule is CC(C)(C)C1=NC(C(F)(F)F)(C(F)(F)F)C(c2ccccc2)=C1c1ccccc1. The number of hydrogen-bond donors (Lipinski definition) is 0. The maximum absolute atomic E-state index is 14.2. The molecule has 0 N–H and O–H groups in total. The van der Waals surface area contributed by atoms with Gasteiger partial charge in [-0.15, -0.1) is 0 Å². The molecule has 1 heterocycles. The fourth-order valence-corrected chi connectivity index (χ4v) is 3.54. The van der Waals surface area contributed by atoms with Gasteiger partial charge >= 0.3 is 12.4 Å². The monoisotopic (exact) mass is 411 g/mol. The minimum atomic E-state index is -5.68. The van der Waals surface area contributed by atoms with Crippen molar-refractivity contribution in [2.24, 2.45) is 10.4 Å². The van der Waals surface area contributed by atoms with E-state index in [9.17, 15) is 26.3 Å². The largest absolute Gasteiger partial charge is 0.426 e. The Morgan fingerprint density at radius 3 is 1.45 bits per heavy atom. The Bertz CT molecular complexity index is 931. The van der Waals surface area contributed by atoms with Gasteiger partial charge in [-0.25, -0.2) is 0 Å². The van der Waals surface area contributed by atoms with Crippen molar-refractivity contribution in [3.8, 4) is 0 Å². The van der Waals surface area contributed by atoms with Gasteiger partial charge in [-0.3, -0.25) is 4.99 Å². The number of alkyl halides is 6. The van der Waals surface area contributed by atoms with Crippen LogP contribution in [0.1, 0.15) is 31.9 Å². The van der Waals surface area contributed by atoms with Gasteiger partial charge in [-0.1, -0.05) is 81.4 Å². The van der Waals surface area contributed by atoms with Gasteiger partial charge in [0.25, 0.3) is 5.54 Å². The Balaban J connectivity index is 2.55. The zero-order valence-electron chi connectivity index (χ0n) is 16.0. The van der Waals surface area contributed by atoms with Crippen molar-refractivity contribution in [1.82, 2.24) is 0 Å². The van der Waals surface area contributed by atoms with E-state index in [0.717, 1.165) is 0 Å². The molecule has 1 aliphatic heterocycles. The zero-order valence-corrected chi connectivity index (χ0v) is 16.0. The summed E-state index contributed by atoms with van der Waals surface area (Å²) in [6, 6.07) is 14.7. The van der Waals surface area contributed by atoms with Crippen LogP contribution in [0.2, 0.25) is 0 Å². The molecule has 154 valence electrons. The van der Waals surface area contributed by atoms with E-state index in [1.54, 1.807) is 39.0 Å². The summed E-state index contributed by atoms with van der Waals surface area (Å²) in [4.78, 5) is 3.44. The summed E-state index contributed by atoms with van der Waals surface area (Å²) in [5.74, 6) is 0. The predicted molar refractivity (Wildman–Crippen MR) is 101 cm³/mol. The molecule has 0 bridgehead atoms. The molecule has 7 heteroatoms. The molecule has 0 fully saturated rings. The van der Waals surface area contributed by atoms with Crippen LogP contribution in [-0.4, -0.2) is 23.6 Å². The number of nitrogens with zero attached hydrogens (tertiary/aromatic N) is 1. The second kappa shape index (κ2) is 6.75. The maximum Gasteiger partial charge on any atom is 0.426 e. The fourth-order valence-electron chi connectivity index (χ4n) is 3.54. The van der Waals surface area contributed by atoms with E-state index in [0.29, 0.717) is 0 Å². The Morgan fingerprint density at radius 1 is 0.655 bits per heavy atom. The van der Waals surface area contributed by atoms with Crippen LogP contribution in [0.4, 0.5) is 26.3 Å². The number of hydrogen-bond acceptors (Lipinski definition) is 1. The van der Waals surface area contributed by atoms with E-state index in [1.807, 2.05) is 0 Å². The van der Waals surface area contributed by atoms with Gasteiger partial charge in [0.2, 0.25) is 0 Å². The van der Waals surface area contributed by atoms with Gasteiger partial charge in [-0.2, -0.15) is 26.3 Å². The number of allylic oxidation sites excluding steroid dienone is 1. The van der Waals surface area contributed by atoms with Crippen LogP contribution in [0.5, 0.6) is 0 Å². The molecule has 0 saturated heterocycles. The summed E-state index contributed by atoms with van der Waals surface area (Å²) in [6.45, 7) is 4.67.